The maximum absolute atomic E-state index is 12.8. The minimum atomic E-state index is -0.293. The Morgan fingerprint density at radius 3 is 2.73 bits per heavy atom. The molecule has 0 spiro atoms. The molecule has 0 aliphatic heterocycles. The highest BCUT2D eigenvalue weighted by Crippen LogP contribution is 2.17. The molecule has 3 nitrogen and oxygen atoms in total. The normalized spacial score (nSPS) is 10.0. The van der Waals surface area contributed by atoms with Gasteiger partial charge in [-0.1, -0.05) is 30.0 Å². The van der Waals surface area contributed by atoms with Crippen molar-refractivity contribution < 1.29 is 9.18 Å². The Balaban J connectivity index is 1.65. The molecule has 0 fully saturated rings. The maximum atomic E-state index is 12.8. The van der Waals surface area contributed by atoms with Crippen molar-refractivity contribution in [2.75, 3.05) is 6.54 Å². The monoisotopic (exact) mass is 292 g/mol. The predicted molar refractivity (Wildman–Crippen MR) is 83.9 cm³/mol. The molecular formula is C18H13FN2O. The first-order valence-electron chi connectivity index (χ1n) is 6.83. The Kier molecular flexibility index (Phi) is 3.88. The Bertz CT molecular complexity index is 869. The smallest absolute Gasteiger partial charge is 0.254 e. The zero-order valence-electron chi connectivity index (χ0n) is 11.7. The summed E-state index contributed by atoms with van der Waals surface area (Å²) in [6.07, 6.45) is 1.69. The number of aromatic nitrogens is 1. The molecular weight excluding hydrogens is 279 g/mol. The molecule has 1 aromatic heterocycles. The molecule has 108 valence electrons. The Morgan fingerprint density at radius 1 is 1.14 bits per heavy atom. The van der Waals surface area contributed by atoms with E-state index < -0.39 is 0 Å². The number of carbonyl (C=O) groups excluding carboxylic acids is 1. The van der Waals surface area contributed by atoms with Crippen LogP contribution in [-0.4, -0.2) is 17.4 Å². The lowest BCUT2D eigenvalue weighted by molar-refractivity contribution is 0.0960. The topological polar surface area (TPSA) is 44.9 Å². The number of hydrogen-bond acceptors (Lipinski definition) is 1. The van der Waals surface area contributed by atoms with E-state index >= 15 is 0 Å². The molecule has 0 aliphatic rings. The standard InChI is InChI=1S/C18H13FN2O/c19-14-9-7-13(8-10-14)4-3-11-20-18(22)16-12-21-17-6-2-1-5-15(16)17/h1-2,5-10,12,21H,11H2,(H,20,22). The van der Waals surface area contributed by atoms with Gasteiger partial charge in [-0.15, -0.1) is 0 Å². The van der Waals surface area contributed by atoms with E-state index in [1.807, 2.05) is 24.3 Å². The van der Waals surface area contributed by atoms with Gasteiger partial charge in [0.15, 0.2) is 0 Å². The molecule has 22 heavy (non-hydrogen) atoms. The molecule has 0 radical (unpaired) electrons. The summed E-state index contributed by atoms with van der Waals surface area (Å²) in [6, 6.07) is 13.5. The first-order valence-corrected chi connectivity index (χ1v) is 6.83. The van der Waals surface area contributed by atoms with Crippen LogP contribution in [0, 0.1) is 17.7 Å². The third-order valence-corrected chi connectivity index (χ3v) is 3.25. The summed E-state index contributed by atoms with van der Waals surface area (Å²) in [4.78, 5) is 15.2. The zero-order valence-corrected chi connectivity index (χ0v) is 11.7. The number of rotatable bonds is 2. The van der Waals surface area contributed by atoms with E-state index in [1.54, 1.807) is 18.3 Å². The van der Waals surface area contributed by atoms with Gasteiger partial charge < -0.3 is 10.3 Å². The van der Waals surface area contributed by atoms with Gasteiger partial charge in [-0.3, -0.25) is 4.79 Å². The molecule has 0 aliphatic carbocycles. The van der Waals surface area contributed by atoms with Gasteiger partial charge in [0.25, 0.3) is 5.91 Å². The van der Waals surface area contributed by atoms with Crippen LogP contribution in [0.25, 0.3) is 10.9 Å². The third kappa shape index (κ3) is 2.99. The lowest BCUT2D eigenvalue weighted by atomic mass is 10.1. The van der Waals surface area contributed by atoms with Crippen molar-refractivity contribution in [3.05, 3.63) is 71.7 Å². The van der Waals surface area contributed by atoms with E-state index in [0.29, 0.717) is 11.1 Å². The quantitative estimate of drug-likeness (QED) is 0.700. The van der Waals surface area contributed by atoms with Gasteiger partial charge in [0, 0.05) is 22.7 Å². The summed E-state index contributed by atoms with van der Waals surface area (Å²) in [5, 5.41) is 3.63. The highest BCUT2D eigenvalue weighted by Gasteiger charge is 2.10. The molecule has 2 aromatic carbocycles. The Hall–Kier alpha value is -3.06. The number of para-hydroxylation sites is 1. The van der Waals surface area contributed by atoms with Crippen LogP contribution in [0.4, 0.5) is 4.39 Å². The van der Waals surface area contributed by atoms with E-state index in [4.69, 9.17) is 0 Å². The van der Waals surface area contributed by atoms with Gasteiger partial charge in [-0.05, 0) is 30.3 Å². The summed E-state index contributed by atoms with van der Waals surface area (Å²) in [7, 11) is 0. The number of nitrogens with one attached hydrogen (secondary N) is 2. The van der Waals surface area contributed by atoms with Crippen molar-refractivity contribution in [1.82, 2.24) is 10.3 Å². The first-order chi connectivity index (χ1) is 10.7. The fraction of sp³-hybridized carbons (Fsp3) is 0.0556. The number of hydrogen-bond donors (Lipinski definition) is 2. The minimum absolute atomic E-state index is 0.175. The molecule has 0 saturated carbocycles. The highest BCUT2D eigenvalue weighted by molar-refractivity contribution is 6.06. The van der Waals surface area contributed by atoms with Crippen LogP contribution in [0.1, 0.15) is 15.9 Å². The van der Waals surface area contributed by atoms with Crippen molar-refractivity contribution >= 4 is 16.8 Å². The zero-order chi connectivity index (χ0) is 15.4. The Labute approximate surface area is 127 Å². The van der Waals surface area contributed by atoms with Gasteiger partial charge in [-0.25, -0.2) is 4.39 Å². The molecule has 0 saturated heterocycles. The van der Waals surface area contributed by atoms with Crippen LogP contribution in [0.5, 0.6) is 0 Å². The van der Waals surface area contributed by atoms with Gasteiger partial charge in [0.05, 0.1) is 12.1 Å². The van der Waals surface area contributed by atoms with Gasteiger partial charge in [0.2, 0.25) is 0 Å². The second-order valence-electron chi connectivity index (χ2n) is 4.74. The molecule has 3 rings (SSSR count). The van der Waals surface area contributed by atoms with Crippen molar-refractivity contribution in [2.45, 2.75) is 0 Å². The van der Waals surface area contributed by atoms with Gasteiger partial charge in [0.1, 0.15) is 5.82 Å². The van der Waals surface area contributed by atoms with Gasteiger partial charge >= 0.3 is 0 Å². The molecule has 3 aromatic rings. The van der Waals surface area contributed by atoms with Gasteiger partial charge in [-0.2, -0.15) is 0 Å². The van der Waals surface area contributed by atoms with Crippen molar-refractivity contribution in [3.63, 3.8) is 0 Å². The van der Waals surface area contributed by atoms with Crippen LogP contribution in [0.3, 0.4) is 0 Å². The van der Waals surface area contributed by atoms with Crippen molar-refractivity contribution in [2.24, 2.45) is 0 Å². The SMILES string of the molecule is O=C(NCC#Cc1ccc(F)cc1)c1c[nH]c2ccccc12. The number of amides is 1. The summed E-state index contributed by atoms with van der Waals surface area (Å²) < 4.78 is 12.8. The fourth-order valence-corrected chi connectivity index (χ4v) is 2.16. The number of fused-ring (bicyclic) bond motifs is 1. The second kappa shape index (κ2) is 6.15. The average molecular weight is 292 g/mol. The van der Waals surface area contributed by atoms with E-state index in [9.17, 15) is 9.18 Å². The molecule has 2 N–H and O–H groups in total. The number of benzene rings is 2. The molecule has 1 amide bonds. The Morgan fingerprint density at radius 2 is 1.91 bits per heavy atom. The molecule has 0 unspecified atom stereocenters. The lowest BCUT2D eigenvalue weighted by Gasteiger charge is -1.99. The summed E-state index contributed by atoms with van der Waals surface area (Å²) in [6.45, 7) is 0.232. The molecule has 0 bridgehead atoms. The predicted octanol–water partition coefficient (Wildman–Crippen LogP) is 3.09. The molecule has 0 atom stereocenters. The highest BCUT2D eigenvalue weighted by atomic mass is 19.1. The minimum Gasteiger partial charge on any atom is -0.360 e. The summed E-state index contributed by atoms with van der Waals surface area (Å²) in [5.74, 6) is 5.25. The van der Waals surface area contributed by atoms with Crippen molar-refractivity contribution in [3.8, 4) is 11.8 Å². The second-order valence-corrected chi connectivity index (χ2v) is 4.74. The lowest BCUT2D eigenvalue weighted by Crippen LogP contribution is -2.23. The molecule has 1 heterocycles. The van der Waals surface area contributed by atoms with Crippen LogP contribution in [0.2, 0.25) is 0 Å². The van der Waals surface area contributed by atoms with E-state index in [1.165, 1.54) is 12.1 Å². The third-order valence-electron chi connectivity index (χ3n) is 3.25. The van der Waals surface area contributed by atoms with Crippen LogP contribution >= 0.6 is 0 Å². The summed E-state index contributed by atoms with van der Waals surface area (Å²) in [5.41, 5.74) is 2.23. The van der Waals surface area contributed by atoms with E-state index in [-0.39, 0.29) is 18.3 Å². The first kappa shape index (κ1) is 13.9. The number of carbonyl (C=O) groups is 1. The van der Waals surface area contributed by atoms with E-state index in [2.05, 4.69) is 22.1 Å². The summed E-state index contributed by atoms with van der Waals surface area (Å²) >= 11 is 0. The van der Waals surface area contributed by atoms with Crippen LogP contribution < -0.4 is 5.32 Å². The van der Waals surface area contributed by atoms with Crippen LogP contribution in [-0.2, 0) is 0 Å². The average Bonchev–Trinajstić information content (AvgIpc) is 2.97. The number of halogens is 1. The van der Waals surface area contributed by atoms with E-state index in [0.717, 1.165) is 10.9 Å². The number of aromatic amines is 1. The molecule has 4 heteroatoms. The largest absolute Gasteiger partial charge is 0.360 e. The van der Waals surface area contributed by atoms with Crippen molar-refractivity contribution in [1.29, 1.82) is 0 Å². The maximum Gasteiger partial charge on any atom is 0.254 e. The number of H-pyrrole nitrogens is 1. The van der Waals surface area contributed by atoms with Crippen LogP contribution in [0.15, 0.2) is 54.7 Å². The fourth-order valence-electron chi connectivity index (χ4n) is 2.16.